The summed E-state index contributed by atoms with van der Waals surface area (Å²) in [6.07, 6.45) is 2.77. The number of pyridine rings is 1. The molecule has 0 aliphatic carbocycles. The number of aromatic amines is 1. The number of rotatable bonds is 6. The van der Waals surface area contributed by atoms with Crippen LogP contribution < -0.4 is 24.5 Å². The normalized spacial score (nSPS) is 15.6. The van der Waals surface area contributed by atoms with Gasteiger partial charge in [0, 0.05) is 30.2 Å². The van der Waals surface area contributed by atoms with Crippen LogP contribution in [-0.2, 0) is 14.8 Å². The maximum Gasteiger partial charge on any atom is 0.262 e. The molecule has 29 heavy (non-hydrogen) atoms. The van der Waals surface area contributed by atoms with Crippen molar-refractivity contribution in [1.82, 2.24) is 4.98 Å². The van der Waals surface area contributed by atoms with E-state index in [0.29, 0.717) is 35.8 Å². The molecule has 2 N–H and O–H groups in total. The molecule has 2 aromatic rings. The number of ether oxygens (including phenoxy) is 2. The molecule has 1 aliphatic rings. The molecule has 0 radical (unpaired) electrons. The predicted molar refractivity (Wildman–Crippen MR) is 109 cm³/mol. The van der Waals surface area contributed by atoms with Crippen molar-refractivity contribution in [3.05, 3.63) is 46.4 Å². The number of methoxy groups -OCH3 is 1. The molecule has 2 heterocycles. The van der Waals surface area contributed by atoms with Gasteiger partial charge in [0.2, 0.25) is 15.5 Å². The Balaban J connectivity index is 1.74. The molecule has 1 fully saturated rings. The van der Waals surface area contributed by atoms with Crippen LogP contribution in [0.25, 0.3) is 0 Å². The van der Waals surface area contributed by atoms with Gasteiger partial charge in [0.25, 0.3) is 5.91 Å². The minimum Gasteiger partial charge on any atom is -0.495 e. The minimum atomic E-state index is -3.43. The van der Waals surface area contributed by atoms with Crippen molar-refractivity contribution in [3.63, 3.8) is 0 Å². The number of aryl methyl sites for hydroxylation is 1. The lowest BCUT2D eigenvalue weighted by atomic mass is 10.2. The zero-order valence-electron chi connectivity index (χ0n) is 16.2. The fourth-order valence-corrected chi connectivity index (χ4v) is 4.67. The van der Waals surface area contributed by atoms with Crippen molar-refractivity contribution in [2.45, 2.75) is 19.8 Å². The molecular weight excluding hydrogens is 398 g/mol. The molecule has 1 amide bonds. The summed E-state index contributed by atoms with van der Waals surface area (Å²) >= 11 is 0. The van der Waals surface area contributed by atoms with Crippen molar-refractivity contribution in [3.8, 4) is 11.5 Å². The highest BCUT2D eigenvalue weighted by Gasteiger charge is 2.28. The number of benzene rings is 1. The molecule has 0 saturated carbocycles. The van der Waals surface area contributed by atoms with Gasteiger partial charge in [-0.25, -0.2) is 8.42 Å². The Morgan fingerprint density at radius 2 is 2.03 bits per heavy atom. The Bertz CT molecular complexity index is 1060. The van der Waals surface area contributed by atoms with Crippen molar-refractivity contribution >= 4 is 27.3 Å². The van der Waals surface area contributed by atoms with E-state index in [1.54, 1.807) is 25.1 Å². The average Bonchev–Trinajstić information content (AvgIpc) is 2.67. The molecule has 0 unspecified atom stereocenters. The highest BCUT2D eigenvalue weighted by atomic mass is 32.2. The van der Waals surface area contributed by atoms with E-state index in [1.807, 2.05) is 0 Å². The van der Waals surface area contributed by atoms with Gasteiger partial charge in [0.15, 0.2) is 12.4 Å². The van der Waals surface area contributed by atoms with Crippen molar-refractivity contribution in [2.75, 3.05) is 35.6 Å². The molecule has 9 nitrogen and oxygen atoms in total. The van der Waals surface area contributed by atoms with Gasteiger partial charge in [0.05, 0.1) is 18.6 Å². The maximum absolute atomic E-state index is 12.4. The van der Waals surface area contributed by atoms with Crippen LogP contribution in [0.5, 0.6) is 11.5 Å². The fraction of sp³-hybridized carbons (Fsp3) is 0.368. The fourth-order valence-electron chi connectivity index (χ4n) is 3.04. The summed E-state index contributed by atoms with van der Waals surface area (Å²) in [5, 5.41) is 2.65. The lowest BCUT2D eigenvalue weighted by Crippen LogP contribution is -2.38. The lowest BCUT2D eigenvalue weighted by molar-refractivity contribution is -0.118. The molecule has 0 atom stereocenters. The van der Waals surface area contributed by atoms with Gasteiger partial charge in [-0.05, 0) is 38.0 Å². The van der Waals surface area contributed by atoms with E-state index in [-0.39, 0.29) is 23.5 Å². The third kappa shape index (κ3) is 4.89. The lowest BCUT2D eigenvalue weighted by Gasteiger charge is -2.29. The second-order valence-corrected chi connectivity index (χ2v) is 8.68. The minimum absolute atomic E-state index is 0.0422. The maximum atomic E-state index is 12.4. The summed E-state index contributed by atoms with van der Waals surface area (Å²) in [6.45, 7) is 1.73. The summed E-state index contributed by atoms with van der Waals surface area (Å²) in [7, 11) is -1.97. The molecule has 0 spiro atoms. The van der Waals surface area contributed by atoms with Crippen LogP contribution in [0.3, 0.4) is 0 Å². The Hall–Kier alpha value is -3.01. The number of carbonyl (C=O) groups excluding carboxylic acids is 1. The molecule has 1 aromatic carbocycles. The van der Waals surface area contributed by atoms with E-state index in [9.17, 15) is 18.0 Å². The molecule has 1 saturated heterocycles. The van der Waals surface area contributed by atoms with E-state index in [4.69, 9.17) is 9.47 Å². The van der Waals surface area contributed by atoms with Crippen LogP contribution in [0.4, 0.5) is 11.4 Å². The first-order chi connectivity index (χ1) is 13.8. The second-order valence-electron chi connectivity index (χ2n) is 6.66. The SMILES string of the molecule is COc1ccc(NC(=O)COc2c[nH]c(C)cc2=O)cc1N1CCCCS1(=O)=O. The number of nitrogens with one attached hydrogen (secondary N) is 2. The second kappa shape index (κ2) is 8.56. The van der Waals surface area contributed by atoms with Gasteiger partial charge in [0.1, 0.15) is 5.75 Å². The third-order valence-corrected chi connectivity index (χ3v) is 6.32. The van der Waals surface area contributed by atoms with Gasteiger partial charge in [-0.1, -0.05) is 0 Å². The number of sulfonamides is 1. The largest absolute Gasteiger partial charge is 0.495 e. The summed E-state index contributed by atoms with van der Waals surface area (Å²) < 4.78 is 36.7. The monoisotopic (exact) mass is 421 g/mol. The summed E-state index contributed by atoms with van der Waals surface area (Å²) in [4.78, 5) is 26.9. The van der Waals surface area contributed by atoms with Gasteiger partial charge < -0.3 is 19.8 Å². The van der Waals surface area contributed by atoms with Gasteiger partial charge in [-0.3, -0.25) is 13.9 Å². The van der Waals surface area contributed by atoms with Crippen LogP contribution in [0, 0.1) is 6.92 Å². The Labute approximate surface area is 168 Å². The molecule has 1 aromatic heterocycles. The van der Waals surface area contributed by atoms with Gasteiger partial charge >= 0.3 is 0 Å². The van der Waals surface area contributed by atoms with Crippen LogP contribution in [0.1, 0.15) is 18.5 Å². The predicted octanol–water partition coefficient (Wildman–Crippen LogP) is 1.64. The van der Waals surface area contributed by atoms with Crippen molar-refractivity contribution < 1.29 is 22.7 Å². The van der Waals surface area contributed by atoms with E-state index in [2.05, 4.69) is 10.3 Å². The van der Waals surface area contributed by atoms with Crippen LogP contribution in [0.2, 0.25) is 0 Å². The van der Waals surface area contributed by atoms with Crippen LogP contribution in [-0.4, -0.2) is 45.3 Å². The highest BCUT2D eigenvalue weighted by Crippen LogP contribution is 2.35. The number of nitrogens with zero attached hydrogens (tertiary/aromatic N) is 1. The van der Waals surface area contributed by atoms with E-state index in [1.165, 1.54) is 23.7 Å². The standard InChI is InChI=1S/C19H23N3O6S/c1-13-9-16(23)18(11-20-13)28-12-19(24)21-14-5-6-17(27-2)15(10-14)22-7-3-4-8-29(22,25)26/h5-6,9-11H,3-4,7-8,12H2,1-2H3,(H,20,23)(H,21,24). The molecule has 0 bridgehead atoms. The smallest absolute Gasteiger partial charge is 0.262 e. The zero-order chi connectivity index (χ0) is 21.0. The van der Waals surface area contributed by atoms with Crippen LogP contribution in [0.15, 0.2) is 35.3 Å². The van der Waals surface area contributed by atoms with Crippen LogP contribution >= 0.6 is 0 Å². The highest BCUT2D eigenvalue weighted by molar-refractivity contribution is 7.92. The zero-order valence-corrected chi connectivity index (χ0v) is 17.0. The molecule has 1 aliphatic heterocycles. The topological polar surface area (TPSA) is 118 Å². The van der Waals surface area contributed by atoms with Gasteiger partial charge in [-0.2, -0.15) is 0 Å². The molecule has 3 rings (SSSR count). The number of aromatic nitrogens is 1. The quantitative estimate of drug-likeness (QED) is 0.732. The Kier molecular flexibility index (Phi) is 6.12. The number of amides is 1. The molecular formula is C19H23N3O6S. The Morgan fingerprint density at radius 1 is 1.24 bits per heavy atom. The number of hydrogen-bond acceptors (Lipinski definition) is 6. The number of H-pyrrole nitrogens is 1. The van der Waals surface area contributed by atoms with E-state index in [0.717, 1.165) is 6.42 Å². The summed E-state index contributed by atoms with van der Waals surface area (Å²) in [6, 6.07) is 6.14. The number of carbonyl (C=O) groups is 1. The summed E-state index contributed by atoms with van der Waals surface area (Å²) in [5.74, 6) is 0.0326. The Morgan fingerprint density at radius 3 is 2.72 bits per heavy atom. The summed E-state index contributed by atoms with van der Waals surface area (Å²) in [5.41, 5.74) is 1.13. The number of hydrogen-bond donors (Lipinski definition) is 2. The van der Waals surface area contributed by atoms with Crippen molar-refractivity contribution in [2.24, 2.45) is 0 Å². The number of anilines is 2. The first-order valence-corrected chi connectivity index (χ1v) is 10.7. The van der Waals surface area contributed by atoms with Crippen molar-refractivity contribution in [1.29, 1.82) is 0 Å². The molecule has 156 valence electrons. The first-order valence-electron chi connectivity index (χ1n) is 9.10. The third-order valence-electron chi connectivity index (χ3n) is 4.46. The van der Waals surface area contributed by atoms with Gasteiger partial charge in [-0.15, -0.1) is 0 Å². The first kappa shape index (κ1) is 20.7. The molecule has 10 heteroatoms. The van der Waals surface area contributed by atoms with E-state index >= 15 is 0 Å². The average molecular weight is 421 g/mol. The van der Waals surface area contributed by atoms with E-state index < -0.39 is 15.9 Å².